The van der Waals surface area contributed by atoms with E-state index in [4.69, 9.17) is 16.3 Å². The fourth-order valence-corrected chi connectivity index (χ4v) is 2.52. The first-order valence-corrected chi connectivity index (χ1v) is 6.27. The summed E-state index contributed by atoms with van der Waals surface area (Å²) in [6.45, 7) is 3.82. The molecule has 4 nitrogen and oxygen atoms in total. The number of benzene rings is 1. The van der Waals surface area contributed by atoms with Crippen molar-refractivity contribution < 1.29 is 14.6 Å². The number of aromatic nitrogens is 1. The summed E-state index contributed by atoms with van der Waals surface area (Å²) in [5.41, 5.74) is 2.34. The Labute approximate surface area is 116 Å². The lowest BCUT2D eigenvalue weighted by atomic mass is 9.99. The van der Waals surface area contributed by atoms with Gasteiger partial charge in [-0.05, 0) is 36.6 Å². The maximum atomic E-state index is 11.3. The number of fused-ring (bicyclic) bond motifs is 1. The molecule has 1 N–H and O–H groups in total. The van der Waals surface area contributed by atoms with Crippen LogP contribution in [-0.2, 0) is 6.42 Å². The second-order valence-corrected chi connectivity index (χ2v) is 4.64. The van der Waals surface area contributed by atoms with E-state index < -0.39 is 5.97 Å². The second-order valence-electron chi connectivity index (χ2n) is 4.28. The molecule has 0 saturated carbocycles. The van der Waals surface area contributed by atoms with Gasteiger partial charge < -0.3 is 9.84 Å². The molecule has 2 rings (SSSR count). The fraction of sp³-hybridized carbons (Fsp3) is 0.286. The number of aromatic carboxylic acids is 1. The summed E-state index contributed by atoms with van der Waals surface area (Å²) in [6, 6.07) is 3.76. The molecule has 0 aliphatic heterocycles. The molecule has 0 atom stereocenters. The molecule has 0 aliphatic rings. The summed E-state index contributed by atoms with van der Waals surface area (Å²) >= 11 is 6.00. The molecule has 1 aromatic heterocycles. The number of aryl methyl sites for hydroxylation is 2. The van der Waals surface area contributed by atoms with E-state index in [2.05, 4.69) is 4.98 Å². The number of carboxylic acid groups (broad SMARTS) is 1. The Bertz CT molecular complexity index is 668. The zero-order valence-electron chi connectivity index (χ0n) is 11.0. The van der Waals surface area contributed by atoms with Crippen LogP contribution in [0, 0.1) is 6.92 Å². The highest BCUT2D eigenvalue weighted by Crippen LogP contribution is 2.33. The van der Waals surface area contributed by atoms with Gasteiger partial charge in [-0.1, -0.05) is 18.5 Å². The summed E-state index contributed by atoms with van der Waals surface area (Å²) < 4.78 is 5.29. The number of rotatable bonds is 3. The number of hydrogen-bond donors (Lipinski definition) is 1. The maximum absolute atomic E-state index is 11.3. The molecule has 1 heterocycles. The minimum Gasteiger partial charge on any atom is -0.494 e. The molecular weight excluding hydrogens is 266 g/mol. The number of halogens is 1. The summed E-state index contributed by atoms with van der Waals surface area (Å²) in [5, 5.41) is 10.1. The van der Waals surface area contributed by atoms with Crippen molar-refractivity contribution in [1.29, 1.82) is 0 Å². The smallest absolute Gasteiger partial charge is 0.339 e. The summed E-state index contributed by atoms with van der Waals surface area (Å²) in [7, 11) is 1.56. The third-order valence-electron chi connectivity index (χ3n) is 3.05. The van der Waals surface area contributed by atoms with Crippen molar-refractivity contribution in [2.75, 3.05) is 7.11 Å². The van der Waals surface area contributed by atoms with Crippen molar-refractivity contribution in [3.8, 4) is 5.75 Å². The molecule has 0 fully saturated rings. The van der Waals surface area contributed by atoms with Crippen molar-refractivity contribution in [2.45, 2.75) is 20.3 Å². The molecule has 0 bridgehead atoms. The molecule has 0 radical (unpaired) electrons. The quantitative estimate of drug-likeness (QED) is 0.874. The number of hydrogen-bond acceptors (Lipinski definition) is 3. The van der Waals surface area contributed by atoms with Crippen LogP contribution in [0.3, 0.4) is 0 Å². The molecule has 5 heteroatoms. The van der Waals surface area contributed by atoms with Crippen LogP contribution in [0.5, 0.6) is 5.75 Å². The van der Waals surface area contributed by atoms with Crippen LogP contribution < -0.4 is 4.74 Å². The van der Waals surface area contributed by atoms with Crippen LogP contribution in [-0.4, -0.2) is 23.2 Å². The lowest BCUT2D eigenvalue weighted by Crippen LogP contribution is -2.06. The number of methoxy groups -OCH3 is 1. The Kier molecular flexibility index (Phi) is 3.62. The molecular formula is C14H14ClNO3. The average Bonchev–Trinajstić information content (AvgIpc) is 2.36. The van der Waals surface area contributed by atoms with Crippen molar-refractivity contribution in [2.24, 2.45) is 0 Å². The summed E-state index contributed by atoms with van der Waals surface area (Å²) in [6.07, 6.45) is 0.562. The highest BCUT2D eigenvalue weighted by molar-refractivity contribution is 6.33. The van der Waals surface area contributed by atoms with Crippen LogP contribution in [0.25, 0.3) is 10.9 Å². The van der Waals surface area contributed by atoms with Crippen molar-refractivity contribution >= 4 is 28.5 Å². The predicted octanol–water partition coefficient (Wildman–Crippen LogP) is 3.47. The number of nitrogens with zero attached hydrogens (tertiary/aromatic N) is 1. The first kappa shape index (κ1) is 13.6. The van der Waals surface area contributed by atoms with Gasteiger partial charge in [0.15, 0.2) is 0 Å². The van der Waals surface area contributed by atoms with E-state index in [1.54, 1.807) is 7.11 Å². The SMILES string of the molecule is CCc1c(C(=O)O)c(Cl)nc2c(OC)cc(C)cc12. The van der Waals surface area contributed by atoms with E-state index in [-0.39, 0.29) is 10.7 Å². The average molecular weight is 280 g/mol. The normalized spacial score (nSPS) is 10.7. The second kappa shape index (κ2) is 5.05. The van der Waals surface area contributed by atoms with E-state index in [1.165, 1.54) is 0 Å². The van der Waals surface area contributed by atoms with Gasteiger partial charge >= 0.3 is 5.97 Å². The molecule has 0 aliphatic carbocycles. The third-order valence-corrected chi connectivity index (χ3v) is 3.32. The Morgan fingerprint density at radius 1 is 1.47 bits per heavy atom. The zero-order valence-corrected chi connectivity index (χ0v) is 11.7. The molecule has 2 aromatic rings. The van der Waals surface area contributed by atoms with Crippen LogP contribution >= 0.6 is 11.6 Å². The molecule has 100 valence electrons. The van der Waals surface area contributed by atoms with Crippen LogP contribution in [0.2, 0.25) is 5.15 Å². The van der Waals surface area contributed by atoms with E-state index in [9.17, 15) is 9.90 Å². The van der Waals surface area contributed by atoms with Gasteiger partial charge in [-0.15, -0.1) is 0 Å². The standard InChI is InChI=1S/C14H14ClNO3/c1-4-8-9-5-7(2)6-10(19-3)12(9)16-13(15)11(8)14(17)18/h5-6H,4H2,1-3H3,(H,17,18). The Balaban J connectivity index is 2.97. The minimum absolute atomic E-state index is 0.000923. The summed E-state index contributed by atoms with van der Waals surface area (Å²) in [4.78, 5) is 15.5. The molecule has 1 aromatic carbocycles. The van der Waals surface area contributed by atoms with E-state index >= 15 is 0 Å². The van der Waals surface area contributed by atoms with Gasteiger partial charge in [-0.25, -0.2) is 9.78 Å². The fourth-order valence-electron chi connectivity index (χ4n) is 2.24. The lowest BCUT2D eigenvalue weighted by Gasteiger charge is -2.13. The molecule has 19 heavy (non-hydrogen) atoms. The number of ether oxygens (including phenoxy) is 1. The number of carboxylic acids is 1. The Hall–Kier alpha value is -1.81. The Morgan fingerprint density at radius 2 is 2.16 bits per heavy atom. The molecule has 0 amide bonds. The highest BCUT2D eigenvalue weighted by atomic mass is 35.5. The minimum atomic E-state index is -1.06. The van der Waals surface area contributed by atoms with Gasteiger partial charge in [0, 0.05) is 5.39 Å². The van der Waals surface area contributed by atoms with Gasteiger partial charge in [-0.2, -0.15) is 0 Å². The monoisotopic (exact) mass is 279 g/mol. The third kappa shape index (κ3) is 2.24. The van der Waals surface area contributed by atoms with Gasteiger partial charge in [-0.3, -0.25) is 0 Å². The molecule has 0 unspecified atom stereocenters. The van der Waals surface area contributed by atoms with Crippen LogP contribution in [0.1, 0.15) is 28.4 Å². The largest absolute Gasteiger partial charge is 0.494 e. The van der Waals surface area contributed by atoms with E-state index in [1.807, 2.05) is 26.0 Å². The van der Waals surface area contributed by atoms with Crippen molar-refractivity contribution in [3.05, 3.63) is 34.0 Å². The van der Waals surface area contributed by atoms with Gasteiger partial charge in [0.25, 0.3) is 0 Å². The Morgan fingerprint density at radius 3 is 2.68 bits per heavy atom. The number of carbonyl (C=O) groups is 1. The highest BCUT2D eigenvalue weighted by Gasteiger charge is 2.20. The number of pyridine rings is 1. The van der Waals surface area contributed by atoms with E-state index in [0.29, 0.717) is 23.3 Å². The van der Waals surface area contributed by atoms with E-state index in [0.717, 1.165) is 10.9 Å². The molecule has 0 saturated heterocycles. The first-order chi connectivity index (χ1) is 8.99. The van der Waals surface area contributed by atoms with Gasteiger partial charge in [0.1, 0.15) is 22.0 Å². The topological polar surface area (TPSA) is 59.4 Å². The van der Waals surface area contributed by atoms with Crippen LogP contribution in [0.15, 0.2) is 12.1 Å². The first-order valence-electron chi connectivity index (χ1n) is 5.89. The van der Waals surface area contributed by atoms with Crippen LogP contribution in [0.4, 0.5) is 0 Å². The summed E-state index contributed by atoms with van der Waals surface area (Å²) in [5.74, 6) is -0.458. The van der Waals surface area contributed by atoms with Crippen molar-refractivity contribution in [1.82, 2.24) is 4.98 Å². The molecule has 0 spiro atoms. The van der Waals surface area contributed by atoms with Gasteiger partial charge in [0.2, 0.25) is 0 Å². The maximum Gasteiger partial charge on any atom is 0.339 e. The lowest BCUT2D eigenvalue weighted by molar-refractivity contribution is 0.0695. The predicted molar refractivity (Wildman–Crippen MR) is 74.4 cm³/mol. The zero-order chi connectivity index (χ0) is 14.2. The van der Waals surface area contributed by atoms with Crippen molar-refractivity contribution in [3.63, 3.8) is 0 Å². The van der Waals surface area contributed by atoms with Gasteiger partial charge in [0.05, 0.1) is 7.11 Å².